The van der Waals surface area contributed by atoms with Crippen LogP contribution in [0.15, 0.2) is 24.7 Å². The van der Waals surface area contributed by atoms with Crippen molar-refractivity contribution >= 4 is 11.5 Å². The summed E-state index contributed by atoms with van der Waals surface area (Å²) >= 11 is 0. The van der Waals surface area contributed by atoms with Crippen LogP contribution in [0.25, 0.3) is 0 Å². The van der Waals surface area contributed by atoms with E-state index in [1.807, 2.05) is 13.0 Å². The van der Waals surface area contributed by atoms with Crippen LogP contribution in [0.5, 0.6) is 0 Å². The van der Waals surface area contributed by atoms with Gasteiger partial charge >= 0.3 is 0 Å². The van der Waals surface area contributed by atoms with E-state index < -0.39 is 0 Å². The lowest BCUT2D eigenvalue weighted by Gasteiger charge is -2.08. The van der Waals surface area contributed by atoms with E-state index in [1.165, 1.54) is 0 Å². The van der Waals surface area contributed by atoms with Gasteiger partial charge in [0, 0.05) is 18.6 Å². The summed E-state index contributed by atoms with van der Waals surface area (Å²) in [6, 6.07) is 1.88. The Labute approximate surface area is 87.8 Å². The summed E-state index contributed by atoms with van der Waals surface area (Å²) in [6.45, 7) is 2.54. The van der Waals surface area contributed by atoms with Crippen LogP contribution < -0.4 is 11.1 Å². The zero-order chi connectivity index (χ0) is 10.7. The number of anilines is 2. The molecular formula is C10H13N5. The molecule has 0 fully saturated rings. The van der Waals surface area contributed by atoms with Crippen molar-refractivity contribution in [2.24, 2.45) is 0 Å². The van der Waals surface area contributed by atoms with Crippen molar-refractivity contribution in [3.63, 3.8) is 0 Å². The number of hydrogen-bond donors (Lipinski definition) is 3. The van der Waals surface area contributed by atoms with Gasteiger partial charge in [0.2, 0.25) is 0 Å². The normalized spacial score (nSPS) is 10.2. The van der Waals surface area contributed by atoms with E-state index in [9.17, 15) is 0 Å². The number of rotatable bonds is 3. The van der Waals surface area contributed by atoms with Crippen molar-refractivity contribution < 1.29 is 0 Å². The van der Waals surface area contributed by atoms with Gasteiger partial charge in [-0.2, -0.15) is 0 Å². The van der Waals surface area contributed by atoms with E-state index in [2.05, 4.69) is 20.3 Å². The van der Waals surface area contributed by atoms with Crippen molar-refractivity contribution in [3.05, 3.63) is 36.0 Å². The molecule has 0 amide bonds. The second-order valence-corrected chi connectivity index (χ2v) is 3.28. The molecule has 2 rings (SSSR count). The third-order valence-corrected chi connectivity index (χ3v) is 2.19. The largest absolute Gasteiger partial charge is 0.396 e. The maximum Gasteiger partial charge on any atom is 0.149 e. The first-order valence-electron chi connectivity index (χ1n) is 4.70. The molecule has 0 aliphatic carbocycles. The molecule has 0 radical (unpaired) electrons. The summed E-state index contributed by atoms with van der Waals surface area (Å²) in [5.41, 5.74) is 7.57. The van der Waals surface area contributed by atoms with Crippen molar-refractivity contribution in [1.82, 2.24) is 15.0 Å². The zero-order valence-corrected chi connectivity index (χ0v) is 8.49. The van der Waals surface area contributed by atoms with Gasteiger partial charge in [-0.3, -0.25) is 0 Å². The quantitative estimate of drug-likeness (QED) is 0.702. The first kappa shape index (κ1) is 9.51. The zero-order valence-electron chi connectivity index (χ0n) is 8.49. The smallest absolute Gasteiger partial charge is 0.149 e. The van der Waals surface area contributed by atoms with Crippen LogP contribution in [0, 0.1) is 6.92 Å². The van der Waals surface area contributed by atoms with Crippen molar-refractivity contribution in [2.45, 2.75) is 13.5 Å². The molecule has 0 unspecified atom stereocenters. The number of pyridine rings is 1. The van der Waals surface area contributed by atoms with Crippen LogP contribution >= 0.6 is 0 Å². The predicted molar refractivity (Wildman–Crippen MR) is 59.3 cm³/mol. The number of nitrogens with zero attached hydrogens (tertiary/aromatic N) is 2. The lowest BCUT2D eigenvalue weighted by atomic mass is 10.2. The van der Waals surface area contributed by atoms with Crippen molar-refractivity contribution in [1.29, 1.82) is 0 Å². The fourth-order valence-corrected chi connectivity index (χ4v) is 1.27. The summed E-state index contributed by atoms with van der Waals surface area (Å²) in [4.78, 5) is 11.3. The second kappa shape index (κ2) is 4.00. The SMILES string of the molecule is Cc1ccnc(NCc2ncc[nH]2)c1N. The maximum absolute atomic E-state index is 5.87. The van der Waals surface area contributed by atoms with Gasteiger partial charge in [0.1, 0.15) is 11.6 Å². The number of aryl methyl sites for hydroxylation is 1. The first-order chi connectivity index (χ1) is 7.27. The van der Waals surface area contributed by atoms with Crippen LogP contribution in [-0.4, -0.2) is 15.0 Å². The predicted octanol–water partition coefficient (Wildman–Crippen LogP) is 1.31. The van der Waals surface area contributed by atoms with Crippen LogP contribution in [0.2, 0.25) is 0 Å². The van der Waals surface area contributed by atoms with Crippen molar-refractivity contribution in [2.75, 3.05) is 11.1 Å². The van der Waals surface area contributed by atoms with Gasteiger partial charge in [-0.1, -0.05) is 0 Å². The van der Waals surface area contributed by atoms with E-state index in [0.29, 0.717) is 18.1 Å². The van der Waals surface area contributed by atoms with E-state index in [4.69, 9.17) is 5.73 Å². The van der Waals surface area contributed by atoms with Crippen LogP contribution in [0.4, 0.5) is 11.5 Å². The fraction of sp³-hybridized carbons (Fsp3) is 0.200. The molecule has 0 aliphatic heterocycles. The number of aromatic nitrogens is 3. The monoisotopic (exact) mass is 203 g/mol. The van der Waals surface area contributed by atoms with Gasteiger partial charge in [0.15, 0.2) is 0 Å². The lowest BCUT2D eigenvalue weighted by Crippen LogP contribution is -2.06. The number of H-pyrrole nitrogens is 1. The molecule has 0 saturated heterocycles. The highest BCUT2D eigenvalue weighted by Crippen LogP contribution is 2.18. The Balaban J connectivity index is 2.08. The van der Waals surface area contributed by atoms with E-state index in [-0.39, 0.29) is 0 Å². The molecular weight excluding hydrogens is 190 g/mol. The maximum atomic E-state index is 5.87. The molecule has 5 heteroatoms. The molecule has 5 nitrogen and oxygen atoms in total. The van der Waals surface area contributed by atoms with Crippen LogP contribution in [-0.2, 0) is 6.54 Å². The number of nitrogens with one attached hydrogen (secondary N) is 2. The molecule has 0 spiro atoms. The van der Waals surface area contributed by atoms with Gasteiger partial charge in [-0.15, -0.1) is 0 Å². The summed E-state index contributed by atoms with van der Waals surface area (Å²) < 4.78 is 0. The van der Waals surface area contributed by atoms with Crippen LogP contribution in [0.3, 0.4) is 0 Å². The van der Waals surface area contributed by atoms with E-state index in [0.717, 1.165) is 11.4 Å². The fourth-order valence-electron chi connectivity index (χ4n) is 1.27. The second-order valence-electron chi connectivity index (χ2n) is 3.28. The molecule has 0 aliphatic rings. The minimum absolute atomic E-state index is 0.591. The minimum Gasteiger partial charge on any atom is -0.396 e. The Hall–Kier alpha value is -2.04. The van der Waals surface area contributed by atoms with Crippen molar-refractivity contribution in [3.8, 4) is 0 Å². The Kier molecular flexibility index (Phi) is 2.53. The highest BCUT2D eigenvalue weighted by Gasteiger charge is 2.02. The summed E-state index contributed by atoms with van der Waals surface area (Å²) in [5, 5.41) is 3.13. The van der Waals surface area contributed by atoms with Gasteiger partial charge in [0.25, 0.3) is 0 Å². The van der Waals surface area contributed by atoms with Gasteiger partial charge < -0.3 is 16.0 Å². The number of nitrogen functional groups attached to an aromatic ring is 1. The molecule has 2 aromatic rings. The highest BCUT2D eigenvalue weighted by atomic mass is 15.0. The topological polar surface area (TPSA) is 79.6 Å². The Morgan fingerprint density at radius 1 is 1.40 bits per heavy atom. The Morgan fingerprint density at radius 3 is 3.00 bits per heavy atom. The number of hydrogen-bond acceptors (Lipinski definition) is 4. The third-order valence-electron chi connectivity index (χ3n) is 2.19. The van der Waals surface area contributed by atoms with Gasteiger partial charge in [-0.05, 0) is 18.6 Å². The summed E-state index contributed by atoms with van der Waals surface area (Å²) in [7, 11) is 0. The molecule has 15 heavy (non-hydrogen) atoms. The standard InChI is InChI=1S/C10H13N5/c1-7-2-3-14-10(9(7)11)15-6-8-12-4-5-13-8/h2-5H,6,11H2,1H3,(H,12,13)(H,14,15). The first-order valence-corrected chi connectivity index (χ1v) is 4.70. The molecule has 0 saturated carbocycles. The number of nitrogens with two attached hydrogens (primary N) is 1. The molecule has 2 heterocycles. The molecule has 2 aromatic heterocycles. The van der Waals surface area contributed by atoms with Crippen LogP contribution in [0.1, 0.15) is 11.4 Å². The Morgan fingerprint density at radius 2 is 2.27 bits per heavy atom. The molecule has 0 atom stereocenters. The van der Waals surface area contributed by atoms with Gasteiger partial charge in [-0.25, -0.2) is 9.97 Å². The van der Waals surface area contributed by atoms with E-state index >= 15 is 0 Å². The lowest BCUT2D eigenvalue weighted by molar-refractivity contribution is 0.988. The molecule has 4 N–H and O–H groups in total. The number of aromatic amines is 1. The molecule has 0 bridgehead atoms. The van der Waals surface area contributed by atoms with Gasteiger partial charge in [0.05, 0.1) is 12.2 Å². The minimum atomic E-state index is 0.591. The third kappa shape index (κ3) is 2.07. The number of imidazole rings is 1. The van der Waals surface area contributed by atoms with E-state index in [1.54, 1.807) is 18.6 Å². The molecule has 78 valence electrons. The molecule has 0 aromatic carbocycles. The average molecular weight is 203 g/mol. The average Bonchev–Trinajstić information content (AvgIpc) is 2.73. The summed E-state index contributed by atoms with van der Waals surface area (Å²) in [5.74, 6) is 1.56. The Bertz CT molecular complexity index is 435. The highest BCUT2D eigenvalue weighted by molar-refractivity contribution is 5.64. The summed E-state index contributed by atoms with van der Waals surface area (Å²) in [6.07, 6.45) is 5.23.